The molecule has 0 aliphatic rings. The van der Waals surface area contributed by atoms with Gasteiger partial charge in [0, 0.05) is 5.56 Å². The standard InChI is InChI=1S/C19H32O/c1-8-9-10-13-19(6,7)17-15(20)12-11-14(2)16(17)18(3,4)5/h11-12,20H,8-10,13H2,1-7H3. The maximum absolute atomic E-state index is 10.5. The zero-order valence-corrected chi connectivity index (χ0v) is 14.4. The summed E-state index contributed by atoms with van der Waals surface area (Å²) in [5.41, 5.74) is 3.84. The second kappa shape index (κ2) is 6.20. The predicted molar refractivity (Wildman–Crippen MR) is 88.7 cm³/mol. The molecule has 0 unspecified atom stereocenters. The molecule has 0 amide bonds. The van der Waals surface area contributed by atoms with Crippen LogP contribution in [0.15, 0.2) is 12.1 Å². The molecule has 1 heteroatoms. The van der Waals surface area contributed by atoms with Gasteiger partial charge in [-0.25, -0.2) is 0 Å². The number of rotatable bonds is 5. The van der Waals surface area contributed by atoms with Crippen molar-refractivity contribution in [2.24, 2.45) is 0 Å². The summed E-state index contributed by atoms with van der Waals surface area (Å²) < 4.78 is 0. The third-order valence-corrected chi connectivity index (χ3v) is 4.22. The van der Waals surface area contributed by atoms with Crippen LogP contribution in [0.2, 0.25) is 0 Å². The van der Waals surface area contributed by atoms with E-state index in [4.69, 9.17) is 0 Å². The molecule has 0 radical (unpaired) electrons. The number of phenolic OH excluding ortho intramolecular Hbond substituents is 1. The van der Waals surface area contributed by atoms with Crippen molar-refractivity contribution in [2.75, 3.05) is 0 Å². The summed E-state index contributed by atoms with van der Waals surface area (Å²) in [5, 5.41) is 10.5. The number of benzene rings is 1. The predicted octanol–water partition coefficient (Wildman–Crippen LogP) is 5.86. The number of unbranched alkanes of at least 4 members (excludes halogenated alkanes) is 2. The maximum Gasteiger partial charge on any atom is 0.119 e. The number of aryl methyl sites for hydroxylation is 1. The molecule has 0 heterocycles. The number of aromatic hydroxyl groups is 1. The van der Waals surface area contributed by atoms with Crippen molar-refractivity contribution in [3.63, 3.8) is 0 Å². The van der Waals surface area contributed by atoms with Gasteiger partial charge in [0.1, 0.15) is 5.75 Å². The average molecular weight is 276 g/mol. The van der Waals surface area contributed by atoms with Crippen LogP contribution in [0.25, 0.3) is 0 Å². The van der Waals surface area contributed by atoms with E-state index >= 15 is 0 Å². The highest BCUT2D eigenvalue weighted by molar-refractivity contribution is 5.51. The van der Waals surface area contributed by atoms with Crippen molar-refractivity contribution in [1.29, 1.82) is 0 Å². The second-order valence-electron chi connectivity index (χ2n) is 7.74. The molecule has 1 aromatic carbocycles. The summed E-state index contributed by atoms with van der Waals surface area (Å²) in [6.45, 7) is 15.6. The highest BCUT2D eigenvalue weighted by Crippen LogP contribution is 2.43. The molecule has 0 aliphatic carbocycles. The van der Waals surface area contributed by atoms with E-state index in [1.807, 2.05) is 12.1 Å². The van der Waals surface area contributed by atoms with Gasteiger partial charge in [-0.05, 0) is 41.4 Å². The largest absolute Gasteiger partial charge is 0.508 e. The second-order valence-corrected chi connectivity index (χ2v) is 7.74. The summed E-state index contributed by atoms with van der Waals surface area (Å²) in [4.78, 5) is 0. The molecule has 0 aromatic heterocycles. The van der Waals surface area contributed by atoms with E-state index in [0.717, 1.165) is 12.0 Å². The third kappa shape index (κ3) is 3.77. The van der Waals surface area contributed by atoms with Gasteiger partial charge < -0.3 is 5.11 Å². The minimum Gasteiger partial charge on any atom is -0.508 e. The Labute approximate surface area is 125 Å². The molecule has 0 bridgehead atoms. The third-order valence-electron chi connectivity index (χ3n) is 4.22. The molecule has 0 aliphatic heterocycles. The number of hydrogen-bond acceptors (Lipinski definition) is 1. The van der Waals surface area contributed by atoms with E-state index in [9.17, 15) is 5.11 Å². The lowest BCUT2D eigenvalue weighted by Gasteiger charge is -2.34. The first-order valence-corrected chi connectivity index (χ1v) is 7.94. The summed E-state index contributed by atoms with van der Waals surface area (Å²) in [6, 6.07) is 3.91. The van der Waals surface area contributed by atoms with E-state index in [0.29, 0.717) is 5.75 Å². The lowest BCUT2D eigenvalue weighted by atomic mass is 9.70. The Morgan fingerprint density at radius 2 is 1.55 bits per heavy atom. The maximum atomic E-state index is 10.5. The van der Waals surface area contributed by atoms with Crippen LogP contribution in [0.4, 0.5) is 0 Å². The topological polar surface area (TPSA) is 20.2 Å². The molecular weight excluding hydrogens is 244 g/mol. The Kier molecular flexibility index (Phi) is 5.29. The highest BCUT2D eigenvalue weighted by Gasteiger charge is 2.31. The van der Waals surface area contributed by atoms with Gasteiger partial charge in [0.05, 0.1) is 0 Å². The van der Waals surface area contributed by atoms with Crippen LogP contribution in [-0.4, -0.2) is 5.11 Å². The van der Waals surface area contributed by atoms with Crippen LogP contribution in [0.3, 0.4) is 0 Å². The normalized spacial score (nSPS) is 12.8. The van der Waals surface area contributed by atoms with Gasteiger partial charge in [-0.1, -0.05) is 66.9 Å². The van der Waals surface area contributed by atoms with Crippen LogP contribution < -0.4 is 0 Å². The zero-order chi connectivity index (χ0) is 15.6. The van der Waals surface area contributed by atoms with Crippen molar-refractivity contribution in [3.8, 4) is 5.75 Å². The lowest BCUT2D eigenvalue weighted by Crippen LogP contribution is -2.25. The fraction of sp³-hybridized carbons (Fsp3) is 0.684. The van der Waals surface area contributed by atoms with E-state index in [-0.39, 0.29) is 10.8 Å². The molecule has 114 valence electrons. The fourth-order valence-electron chi connectivity index (χ4n) is 3.29. The molecule has 0 saturated heterocycles. The number of phenols is 1. The first-order valence-electron chi connectivity index (χ1n) is 7.94. The fourth-order valence-corrected chi connectivity index (χ4v) is 3.29. The molecule has 1 rings (SSSR count). The molecular formula is C19H32O. The van der Waals surface area contributed by atoms with E-state index < -0.39 is 0 Å². The van der Waals surface area contributed by atoms with E-state index in [1.165, 1.54) is 30.4 Å². The van der Waals surface area contributed by atoms with Crippen molar-refractivity contribution in [3.05, 3.63) is 28.8 Å². The molecule has 0 saturated carbocycles. The summed E-state index contributed by atoms with van der Waals surface area (Å²) >= 11 is 0. The van der Waals surface area contributed by atoms with Gasteiger partial charge in [0.25, 0.3) is 0 Å². The SMILES string of the molecule is CCCCCC(C)(C)c1c(O)ccc(C)c1C(C)(C)C. The Morgan fingerprint density at radius 3 is 2.05 bits per heavy atom. The van der Waals surface area contributed by atoms with E-state index in [1.54, 1.807) is 0 Å². The van der Waals surface area contributed by atoms with Gasteiger partial charge in [-0.2, -0.15) is 0 Å². The number of hydrogen-bond donors (Lipinski definition) is 1. The quantitative estimate of drug-likeness (QED) is 0.668. The van der Waals surface area contributed by atoms with Crippen LogP contribution >= 0.6 is 0 Å². The van der Waals surface area contributed by atoms with Crippen molar-refractivity contribution in [2.45, 2.75) is 85.0 Å². The Hall–Kier alpha value is -0.980. The Balaban J connectivity index is 3.32. The zero-order valence-electron chi connectivity index (χ0n) is 14.4. The van der Waals surface area contributed by atoms with Crippen LogP contribution in [0.5, 0.6) is 5.75 Å². The smallest absolute Gasteiger partial charge is 0.119 e. The molecule has 20 heavy (non-hydrogen) atoms. The van der Waals surface area contributed by atoms with E-state index in [2.05, 4.69) is 48.5 Å². The van der Waals surface area contributed by atoms with Gasteiger partial charge in [0.2, 0.25) is 0 Å². The Morgan fingerprint density at radius 1 is 0.950 bits per heavy atom. The molecule has 0 fully saturated rings. The molecule has 1 aromatic rings. The summed E-state index contributed by atoms with van der Waals surface area (Å²) in [5.74, 6) is 0.460. The van der Waals surface area contributed by atoms with Crippen LogP contribution in [0, 0.1) is 6.92 Å². The first kappa shape index (κ1) is 17.1. The Bertz CT molecular complexity index is 450. The van der Waals surface area contributed by atoms with Crippen molar-refractivity contribution in [1.82, 2.24) is 0 Å². The molecule has 0 atom stereocenters. The average Bonchev–Trinajstić information content (AvgIpc) is 2.30. The molecule has 1 N–H and O–H groups in total. The van der Waals surface area contributed by atoms with Crippen molar-refractivity contribution < 1.29 is 5.11 Å². The van der Waals surface area contributed by atoms with Gasteiger partial charge >= 0.3 is 0 Å². The van der Waals surface area contributed by atoms with Crippen LogP contribution in [-0.2, 0) is 10.8 Å². The highest BCUT2D eigenvalue weighted by atomic mass is 16.3. The minimum atomic E-state index is 0.0217. The summed E-state index contributed by atoms with van der Waals surface area (Å²) in [7, 11) is 0. The van der Waals surface area contributed by atoms with Crippen LogP contribution in [0.1, 0.15) is 83.9 Å². The lowest BCUT2D eigenvalue weighted by molar-refractivity contribution is 0.395. The molecule has 0 spiro atoms. The summed E-state index contributed by atoms with van der Waals surface area (Å²) in [6.07, 6.45) is 4.85. The monoisotopic (exact) mass is 276 g/mol. The van der Waals surface area contributed by atoms with Gasteiger partial charge in [0.15, 0.2) is 0 Å². The van der Waals surface area contributed by atoms with Gasteiger partial charge in [-0.3, -0.25) is 0 Å². The van der Waals surface area contributed by atoms with Gasteiger partial charge in [-0.15, -0.1) is 0 Å². The first-order chi connectivity index (χ1) is 9.11. The minimum absolute atomic E-state index is 0.0217. The van der Waals surface area contributed by atoms with Crippen molar-refractivity contribution >= 4 is 0 Å². The molecule has 1 nitrogen and oxygen atoms in total.